The highest BCUT2D eigenvalue weighted by atomic mass is 15.1. The summed E-state index contributed by atoms with van der Waals surface area (Å²) in [6, 6.07) is 0. The van der Waals surface area contributed by atoms with Crippen LogP contribution in [0.2, 0.25) is 0 Å². The van der Waals surface area contributed by atoms with Gasteiger partial charge in [-0.05, 0) is 32.1 Å². The van der Waals surface area contributed by atoms with Crippen LogP contribution in [0.15, 0.2) is 12.4 Å². The average molecular weight is 532 g/mol. The summed E-state index contributed by atoms with van der Waals surface area (Å²) in [6.45, 7) is 9.38. The summed E-state index contributed by atoms with van der Waals surface area (Å²) in [5, 5.41) is 0. The van der Waals surface area contributed by atoms with E-state index < -0.39 is 0 Å². The first kappa shape index (κ1) is 35.2. The van der Waals surface area contributed by atoms with E-state index in [9.17, 15) is 0 Å². The van der Waals surface area contributed by atoms with Crippen molar-refractivity contribution in [1.82, 2.24) is 4.57 Å². The molecule has 1 aromatic heterocycles. The van der Waals surface area contributed by atoms with Crippen LogP contribution < -0.4 is 4.57 Å². The van der Waals surface area contributed by atoms with Crippen LogP contribution in [0.5, 0.6) is 0 Å². The van der Waals surface area contributed by atoms with Gasteiger partial charge in [0, 0.05) is 6.42 Å². The van der Waals surface area contributed by atoms with Crippen molar-refractivity contribution in [3.8, 4) is 0 Å². The van der Waals surface area contributed by atoms with Gasteiger partial charge in [-0.2, -0.15) is 0 Å². The smallest absolute Gasteiger partial charge is 0.234 e. The molecule has 0 bridgehead atoms. The van der Waals surface area contributed by atoms with Crippen molar-refractivity contribution in [2.45, 2.75) is 214 Å². The fourth-order valence-corrected chi connectivity index (χ4v) is 5.97. The predicted octanol–water partition coefficient (Wildman–Crippen LogP) is 11.9. The third kappa shape index (κ3) is 20.2. The molecule has 0 amide bonds. The van der Waals surface area contributed by atoms with E-state index in [-0.39, 0.29) is 0 Å². The Kier molecular flexibility index (Phi) is 25.7. The molecule has 2 heteroatoms. The molecule has 0 saturated heterocycles. The van der Waals surface area contributed by atoms with Gasteiger partial charge in [-0.15, -0.1) is 0 Å². The largest absolute Gasteiger partial charge is 0.256 e. The SMILES string of the molecule is CCCCCCCCCCCCCCCCc1n(CCCCCCCCCCC)cc[n+]1CCCCCC. The Balaban J connectivity index is 2.21. The summed E-state index contributed by atoms with van der Waals surface area (Å²) < 4.78 is 5.22. The number of aromatic nitrogens is 2. The number of unbranched alkanes of at least 4 members (excludes halogenated alkanes) is 24. The van der Waals surface area contributed by atoms with E-state index >= 15 is 0 Å². The zero-order valence-corrected chi connectivity index (χ0v) is 26.8. The lowest BCUT2D eigenvalue weighted by atomic mass is 10.0. The standard InChI is InChI=1S/C36H71N2/c1-4-7-10-13-15-17-18-19-20-21-22-24-26-28-31-36-37(32-29-12-9-6-3)34-35-38(36)33-30-27-25-23-16-14-11-8-5-2/h34-35H,4-33H2,1-3H3/q+1. The van der Waals surface area contributed by atoms with Crippen LogP contribution >= 0.6 is 0 Å². The Morgan fingerprint density at radius 2 is 0.816 bits per heavy atom. The Hall–Kier alpha value is -0.790. The highest BCUT2D eigenvalue weighted by Gasteiger charge is 2.16. The van der Waals surface area contributed by atoms with Gasteiger partial charge in [0.2, 0.25) is 0 Å². The van der Waals surface area contributed by atoms with Gasteiger partial charge in [-0.25, -0.2) is 9.13 Å². The van der Waals surface area contributed by atoms with Crippen molar-refractivity contribution in [2.75, 3.05) is 0 Å². The summed E-state index contributed by atoms with van der Waals surface area (Å²) in [4.78, 5) is 0. The molecular weight excluding hydrogens is 460 g/mol. The molecule has 1 aromatic rings. The Labute approximate surface area is 240 Å². The van der Waals surface area contributed by atoms with E-state index in [1.54, 1.807) is 5.82 Å². The molecule has 38 heavy (non-hydrogen) atoms. The van der Waals surface area contributed by atoms with Gasteiger partial charge < -0.3 is 0 Å². The Bertz CT molecular complexity index is 590. The molecule has 2 nitrogen and oxygen atoms in total. The topological polar surface area (TPSA) is 8.81 Å². The van der Waals surface area contributed by atoms with Crippen LogP contribution in [0.3, 0.4) is 0 Å². The van der Waals surface area contributed by atoms with Gasteiger partial charge in [0.1, 0.15) is 12.4 Å². The van der Waals surface area contributed by atoms with Crippen LogP contribution in [0, 0.1) is 0 Å². The second-order valence-corrected chi connectivity index (χ2v) is 12.3. The molecule has 0 saturated carbocycles. The lowest BCUT2D eigenvalue weighted by Crippen LogP contribution is -2.37. The van der Waals surface area contributed by atoms with Crippen LogP contribution in [-0.2, 0) is 19.5 Å². The molecule has 0 aliphatic rings. The van der Waals surface area contributed by atoms with Gasteiger partial charge >= 0.3 is 0 Å². The summed E-state index contributed by atoms with van der Waals surface area (Å²) in [5.41, 5.74) is 0. The number of hydrogen-bond acceptors (Lipinski definition) is 0. The predicted molar refractivity (Wildman–Crippen MR) is 170 cm³/mol. The molecule has 0 radical (unpaired) electrons. The van der Waals surface area contributed by atoms with Crippen molar-refractivity contribution in [3.05, 3.63) is 18.2 Å². The summed E-state index contributed by atoms with van der Waals surface area (Å²) in [5.74, 6) is 1.61. The molecule has 0 fully saturated rings. The number of rotatable bonds is 30. The van der Waals surface area contributed by atoms with Gasteiger partial charge in [0.05, 0.1) is 13.1 Å². The molecular formula is C36H71N2+. The van der Waals surface area contributed by atoms with E-state index in [4.69, 9.17) is 0 Å². The van der Waals surface area contributed by atoms with Gasteiger partial charge in [0.25, 0.3) is 5.82 Å². The number of hydrogen-bond donors (Lipinski definition) is 0. The lowest BCUT2D eigenvalue weighted by Gasteiger charge is -2.07. The molecule has 0 atom stereocenters. The highest BCUT2D eigenvalue weighted by molar-refractivity contribution is 4.84. The van der Waals surface area contributed by atoms with E-state index in [0.717, 1.165) is 0 Å². The summed E-state index contributed by atoms with van der Waals surface area (Å²) in [6.07, 6.45) is 44.5. The number of nitrogens with zero attached hydrogens (tertiary/aromatic N) is 2. The maximum Gasteiger partial charge on any atom is 0.256 e. The second kappa shape index (κ2) is 27.8. The van der Waals surface area contributed by atoms with Crippen molar-refractivity contribution in [3.63, 3.8) is 0 Å². The van der Waals surface area contributed by atoms with Gasteiger partial charge in [0.15, 0.2) is 0 Å². The van der Waals surface area contributed by atoms with E-state index in [2.05, 4.69) is 42.3 Å². The molecule has 0 aromatic carbocycles. The zero-order chi connectivity index (χ0) is 27.4. The second-order valence-electron chi connectivity index (χ2n) is 12.3. The first-order valence-electron chi connectivity index (χ1n) is 17.9. The van der Waals surface area contributed by atoms with E-state index in [1.807, 2.05) is 0 Å². The quantitative estimate of drug-likeness (QED) is 0.0689. The highest BCUT2D eigenvalue weighted by Crippen LogP contribution is 2.15. The van der Waals surface area contributed by atoms with Crippen molar-refractivity contribution in [2.24, 2.45) is 0 Å². The fourth-order valence-electron chi connectivity index (χ4n) is 5.97. The first-order valence-corrected chi connectivity index (χ1v) is 17.9. The van der Waals surface area contributed by atoms with Crippen molar-refractivity contribution >= 4 is 0 Å². The fraction of sp³-hybridized carbons (Fsp3) is 0.917. The van der Waals surface area contributed by atoms with Crippen LogP contribution in [0.25, 0.3) is 0 Å². The van der Waals surface area contributed by atoms with Gasteiger partial charge in [-0.1, -0.05) is 162 Å². The van der Waals surface area contributed by atoms with Crippen molar-refractivity contribution in [1.29, 1.82) is 0 Å². The zero-order valence-electron chi connectivity index (χ0n) is 26.8. The average Bonchev–Trinajstić information content (AvgIpc) is 3.31. The molecule has 224 valence electrons. The maximum absolute atomic E-state index is 2.61. The summed E-state index contributed by atoms with van der Waals surface area (Å²) >= 11 is 0. The number of imidazole rings is 1. The normalized spacial score (nSPS) is 11.6. The third-order valence-electron chi connectivity index (χ3n) is 8.60. The van der Waals surface area contributed by atoms with E-state index in [0.29, 0.717) is 0 Å². The van der Waals surface area contributed by atoms with Crippen LogP contribution in [0.4, 0.5) is 0 Å². The molecule has 0 N–H and O–H groups in total. The third-order valence-corrected chi connectivity index (χ3v) is 8.60. The van der Waals surface area contributed by atoms with Gasteiger partial charge in [-0.3, -0.25) is 0 Å². The van der Waals surface area contributed by atoms with E-state index in [1.165, 1.54) is 193 Å². The molecule has 0 aliphatic carbocycles. The van der Waals surface area contributed by atoms with Crippen LogP contribution in [-0.4, -0.2) is 4.57 Å². The lowest BCUT2D eigenvalue weighted by molar-refractivity contribution is -0.704. The minimum atomic E-state index is 1.22. The Morgan fingerprint density at radius 1 is 0.447 bits per heavy atom. The maximum atomic E-state index is 2.61. The molecule has 1 rings (SSSR count). The minimum Gasteiger partial charge on any atom is -0.234 e. The minimum absolute atomic E-state index is 1.22. The molecule has 0 spiro atoms. The number of aryl methyl sites for hydroxylation is 2. The summed E-state index contributed by atoms with van der Waals surface area (Å²) in [7, 11) is 0. The monoisotopic (exact) mass is 532 g/mol. The van der Waals surface area contributed by atoms with Crippen molar-refractivity contribution < 1.29 is 4.57 Å². The molecule has 0 unspecified atom stereocenters. The Morgan fingerprint density at radius 3 is 1.26 bits per heavy atom. The molecule has 1 heterocycles. The first-order chi connectivity index (χ1) is 18.8. The van der Waals surface area contributed by atoms with Crippen LogP contribution in [0.1, 0.15) is 200 Å². The molecule has 0 aliphatic heterocycles.